The summed E-state index contributed by atoms with van der Waals surface area (Å²) in [6, 6.07) is 3.53. The smallest absolute Gasteiger partial charge is 0.303 e. The van der Waals surface area contributed by atoms with Crippen molar-refractivity contribution >= 4 is 5.97 Å². The van der Waals surface area contributed by atoms with E-state index in [1.54, 1.807) is 0 Å². The van der Waals surface area contributed by atoms with Gasteiger partial charge in [-0.3, -0.25) is 4.79 Å². The zero-order chi connectivity index (χ0) is 15.2. The fraction of sp³-hybridized carbons (Fsp3) is 0.533. The summed E-state index contributed by atoms with van der Waals surface area (Å²) in [6.07, 6.45) is 1.55. The Morgan fingerprint density at radius 1 is 1.30 bits per heavy atom. The molecule has 0 unspecified atom stereocenters. The number of rotatable bonds is 8. The Labute approximate surface area is 118 Å². The van der Waals surface area contributed by atoms with Gasteiger partial charge in [-0.1, -0.05) is 19.9 Å². The molecule has 3 nitrogen and oxygen atoms in total. The van der Waals surface area contributed by atoms with Crippen LogP contribution in [0.15, 0.2) is 18.2 Å². The molecule has 0 saturated carbocycles. The summed E-state index contributed by atoms with van der Waals surface area (Å²) in [5.41, 5.74) is 0.349. The molecule has 0 aromatic heterocycles. The van der Waals surface area contributed by atoms with Gasteiger partial charge in [-0.25, -0.2) is 8.78 Å². The molecule has 0 radical (unpaired) electrons. The lowest BCUT2D eigenvalue weighted by Gasteiger charge is -2.23. The van der Waals surface area contributed by atoms with Gasteiger partial charge in [0.1, 0.15) is 11.6 Å². The van der Waals surface area contributed by atoms with Crippen molar-refractivity contribution in [2.45, 2.75) is 39.7 Å². The minimum Gasteiger partial charge on any atom is -0.481 e. The molecule has 20 heavy (non-hydrogen) atoms. The monoisotopic (exact) mass is 285 g/mol. The molecule has 0 heterocycles. The van der Waals surface area contributed by atoms with Crippen LogP contribution in [-0.4, -0.2) is 17.6 Å². The number of carboxylic acids is 1. The van der Waals surface area contributed by atoms with Gasteiger partial charge in [0, 0.05) is 24.6 Å². The molecule has 0 aliphatic rings. The van der Waals surface area contributed by atoms with E-state index in [-0.39, 0.29) is 11.8 Å². The van der Waals surface area contributed by atoms with Gasteiger partial charge in [0.15, 0.2) is 0 Å². The van der Waals surface area contributed by atoms with Gasteiger partial charge >= 0.3 is 5.97 Å². The molecule has 1 aromatic carbocycles. The highest BCUT2D eigenvalue weighted by molar-refractivity contribution is 5.66. The van der Waals surface area contributed by atoms with Crippen LogP contribution in [0.3, 0.4) is 0 Å². The second kappa shape index (κ2) is 7.33. The van der Waals surface area contributed by atoms with Gasteiger partial charge in [-0.2, -0.15) is 0 Å². The minimum absolute atomic E-state index is 0.0767. The maximum Gasteiger partial charge on any atom is 0.303 e. The highest BCUT2D eigenvalue weighted by atomic mass is 19.1. The van der Waals surface area contributed by atoms with E-state index in [4.69, 9.17) is 5.11 Å². The number of hydrogen-bond acceptors (Lipinski definition) is 2. The van der Waals surface area contributed by atoms with Crippen LogP contribution in [0, 0.1) is 17.0 Å². The third-order valence-electron chi connectivity index (χ3n) is 3.32. The number of hydrogen-bond donors (Lipinski definition) is 2. The predicted molar refractivity (Wildman–Crippen MR) is 73.3 cm³/mol. The van der Waals surface area contributed by atoms with Crippen LogP contribution in [0.4, 0.5) is 8.78 Å². The van der Waals surface area contributed by atoms with E-state index in [1.165, 1.54) is 12.1 Å². The van der Waals surface area contributed by atoms with Crippen LogP contribution in [0.1, 0.15) is 38.7 Å². The fourth-order valence-electron chi connectivity index (χ4n) is 1.89. The summed E-state index contributed by atoms with van der Waals surface area (Å²) >= 11 is 0. The molecule has 5 heteroatoms. The van der Waals surface area contributed by atoms with E-state index in [2.05, 4.69) is 5.32 Å². The summed E-state index contributed by atoms with van der Waals surface area (Å²) < 4.78 is 26.1. The van der Waals surface area contributed by atoms with Crippen molar-refractivity contribution in [1.29, 1.82) is 0 Å². The molecule has 0 spiro atoms. The van der Waals surface area contributed by atoms with E-state index >= 15 is 0 Å². The number of nitrogens with one attached hydrogen (secondary N) is 1. The molecule has 0 bridgehead atoms. The Hall–Kier alpha value is -1.49. The Bertz CT molecular complexity index is 461. The van der Waals surface area contributed by atoms with Crippen LogP contribution >= 0.6 is 0 Å². The van der Waals surface area contributed by atoms with Gasteiger partial charge in [-0.05, 0) is 30.9 Å². The van der Waals surface area contributed by atoms with Crippen molar-refractivity contribution in [3.8, 4) is 0 Å². The second-order valence-corrected chi connectivity index (χ2v) is 5.72. The third kappa shape index (κ3) is 6.10. The minimum atomic E-state index is -0.792. The predicted octanol–water partition coefficient (Wildman–Crippen LogP) is 3.34. The lowest BCUT2D eigenvalue weighted by Crippen LogP contribution is -2.23. The summed E-state index contributed by atoms with van der Waals surface area (Å²) in [7, 11) is 0. The number of halogens is 2. The maximum atomic E-state index is 13.4. The SMILES string of the molecule is CC(C)(CCNCc1ccc(F)cc1F)CCC(=O)O. The van der Waals surface area contributed by atoms with Crippen LogP contribution < -0.4 is 5.32 Å². The van der Waals surface area contributed by atoms with Crippen molar-refractivity contribution in [2.24, 2.45) is 5.41 Å². The van der Waals surface area contributed by atoms with Crippen molar-refractivity contribution < 1.29 is 18.7 Å². The number of benzene rings is 1. The topological polar surface area (TPSA) is 49.3 Å². The molecule has 0 aliphatic heterocycles. The number of carbonyl (C=O) groups is 1. The normalized spacial score (nSPS) is 11.6. The zero-order valence-electron chi connectivity index (χ0n) is 11.9. The first-order valence-corrected chi connectivity index (χ1v) is 6.67. The van der Waals surface area contributed by atoms with Crippen molar-refractivity contribution in [2.75, 3.05) is 6.54 Å². The Balaban J connectivity index is 2.32. The largest absolute Gasteiger partial charge is 0.481 e. The van der Waals surface area contributed by atoms with Crippen LogP contribution in [0.2, 0.25) is 0 Å². The van der Waals surface area contributed by atoms with E-state index in [0.29, 0.717) is 25.1 Å². The highest BCUT2D eigenvalue weighted by Crippen LogP contribution is 2.26. The van der Waals surface area contributed by atoms with Crippen molar-refractivity contribution in [1.82, 2.24) is 5.32 Å². The molecule has 1 aromatic rings. The first-order valence-electron chi connectivity index (χ1n) is 6.67. The molecule has 0 amide bonds. The summed E-state index contributed by atoms with van der Waals surface area (Å²) in [6.45, 7) is 5.01. The number of aliphatic carboxylic acids is 1. The fourth-order valence-corrected chi connectivity index (χ4v) is 1.89. The van der Waals surface area contributed by atoms with Gasteiger partial charge in [0.25, 0.3) is 0 Å². The third-order valence-corrected chi connectivity index (χ3v) is 3.32. The quantitative estimate of drug-likeness (QED) is 0.720. The molecular formula is C15H21F2NO2. The maximum absolute atomic E-state index is 13.4. The first kappa shape index (κ1) is 16.6. The summed E-state index contributed by atoms with van der Waals surface area (Å²) in [5, 5.41) is 11.8. The lowest BCUT2D eigenvalue weighted by atomic mass is 9.84. The zero-order valence-corrected chi connectivity index (χ0v) is 11.9. The molecule has 0 atom stereocenters. The van der Waals surface area contributed by atoms with Crippen LogP contribution in [0.25, 0.3) is 0 Å². The van der Waals surface area contributed by atoms with Crippen molar-refractivity contribution in [3.63, 3.8) is 0 Å². The standard InChI is InChI=1S/C15H21F2NO2/c1-15(2,6-5-14(19)20)7-8-18-10-11-3-4-12(16)9-13(11)17/h3-4,9,18H,5-8,10H2,1-2H3,(H,19,20). The van der Waals surface area contributed by atoms with E-state index < -0.39 is 17.6 Å². The van der Waals surface area contributed by atoms with Crippen LogP contribution in [0.5, 0.6) is 0 Å². The van der Waals surface area contributed by atoms with Gasteiger partial charge < -0.3 is 10.4 Å². The average molecular weight is 285 g/mol. The Kier molecular flexibility index (Phi) is 6.07. The first-order chi connectivity index (χ1) is 9.30. The summed E-state index contributed by atoms with van der Waals surface area (Å²) in [5.74, 6) is -1.93. The van der Waals surface area contributed by atoms with Gasteiger partial charge in [0.05, 0.1) is 0 Å². The molecule has 0 fully saturated rings. The van der Waals surface area contributed by atoms with Gasteiger partial charge in [0.2, 0.25) is 0 Å². The van der Waals surface area contributed by atoms with E-state index in [9.17, 15) is 13.6 Å². The highest BCUT2D eigenvalue weighted by Gasteiger charge is 2.18. The molecule has 0 aliphatic carbocycles. The molecule has 112 valence electrons. The molecule has 1 rings (SSSR count). The second-order valence-electron chi connectivity index (χ2n) is 5.72. The van der Waals surface area contributed by atoms with Gasteiger partial charge in [-0.15, -0.1) is 0 Å². The Morgan fingerprint density at radius 3 is 2.60 bits per heavy atom. The average Bonchev–Trinajstić information content (AvgIpc) is 2.34. The Morgan fingerprint density at radius 2 is 2.00 bits per heavy atom. The molecule has 0 saturated heterocycles. The van der Waals surface area contributed by atoms with Crippen LogP contribution in [-0.2, 0) is 11.3 Å². The van der Waals surface area contributed by atoms with Crippen molar-refractivity contribution in [3.05, 3.63) is 35.4 Å². The molecular weight excluding hydrogens is 264 g/mol. The van der Waals surface area contributed by atoms with E-state index in [1.807, 2.05) is 13.8 Å². The molecule has 2 N–H and O–H groups in total. The number of carboxylic acid groups (broad SMARTS) is 1. The summed E-state index contributed by atoms with van der Waals surface area (Å²) in [4.78, 5) is 10.5. The van der Waals surface area contributed by atoms with E-state index in [0.717, 1.165) is 12.5 Å². The lowest BCUT2D eigenvalue weighted by molar-refractivity contribution is -0.137.